The highest BCUT2D eigenvalue weighted by Crippen LogP contribution is 2.15. The molecule has 0 fully saturated rings. The molecular formula is C6H13N3. The summed E-state index contributed by atoms with van der Waals surface area (Å²) in [6.45, 7) is 6.10. The van der Waals surface area contributed by atoms with Gasteiger partial charge in [0.15, 0.2) is 5.96 Å². The van der Waals surface area contributed by atoms with E-state index >= 15 is 0 Å². The number of guanidine groups is 1. The van der Waals surface area contributed by atoms with Crippen molar-refractivity contribution in [3.8, 4) is 0 Å². The number of rotatable bonds is 0. The molecule has 0 atom stereocenters. The van der Waals surface area contributed by atoms with Crippen molar-refractivity contribution in [2.75, 3.05) is 13.1 Å². The van der Waals surface area contributed by atoms with E-state index in [2.05, 4.69) is 24.2 Å². The van der Waals surface area contributed by atoms with Crippen molar-refractivity contribution in [3.05, 3.63) is 0 Å². The smallest absolute Gasteiger partial charge is 0.188 e. The molecule has 52 valence electrons. The van der Waals surface area contributed by atoms with Crippen LogP contribution in [0.4, 0.5) is 0 Å². The van der Waals surface area contributed by atoms with Gasteiger partial charge in [-0.05, 0) is 0 Å². The molecule has 1 aliphatic heterocycles. The fourth-order valence-electron chi connectivity index (χ4n) is 0.741. The minimum Gasteiger partial charge on any atom is -0.370 e. The molecule has 1 aliphatic rings. The number of hydrogen-bond donors (Lipinski definition) is 2. The zero-order valence-electron chi connectivity index (χ0n) is 5.94. The van der Waals surface area contributed by atoms with Crippen molar-refractivity contribution < 1.29 is 0 Å². The molecule has 0 spiro atoms. The summed E-state index contributed by atoms with van der Waals surface area (Å²) in [5.74, 6) is 0.578. The van der Waals surface area contributed by atoms with Crippen molar-refractivity contribution in [1.29, 1.82) is 0 Å². The van der Waals surface area contributed by atoms with E-state index in [4.69, 9.17) is 5.73 Å². The number of nitrogens with two attached hydrogens (primary N) is 1. The van der Waals surface area contributed by atoms with Gasteiger partial charge in [0.1, 0.15) is 0 Å². The largest absolute Gasteiger partial charge is 0.370 e. The fourth-order valence-corrected chi connectivity index (χ4v) is 0.741. The van der Waals surface area contributed by atoms with Gasteiger partial charge in [-0.1, -0.05) is 13.8 Å². The van der Waals surface area contributed by atoms with Crippen LogP contribution in [-0.4, -0.2) is 19.0 Å². The minimum atomic E-state index is 0.281. The molecule has 0 aliphatic carbocycles. The van der Waals surface area contributed by atoms with E-state index < -0.39 is 0 Å². The summed E-state index contributed by atoms with van der Waals surface area (Å²) in [6, 6.07) is 0. The second kappa shape index (κ2) is 1.90. The molecule has 3 heteroatoms. The number of nitrogens with one attached hydrogen (secondary N) is 1. The highest BCUT2D eigenvalue weighted by molar-refractivity contribution is 5.78. The van der Waals surface area contributed by atoms with Crippen LogP contribution in [0.5, 0.6) is 0 Å². The Morgan fingerprint density at radius 2 is 2.33 bits per heavy atom. The Hall–Kier alpha value is -0.730. The maximum atomic E-state index is 5.39. The van der Waals surface area contributed by atoms with E-state index in [1.807, 2.05) is 0 Å². The SMILES string of the molecule is CC1(C)CN=C(N)NC1. The maximum Gasteiger partial charge on any atom is 0.188 e. The summed E-state index contributed by atoms with van der Waals surface area (Å²) in [5, 5.41) is 3.00. The van der Waals surface area contributed by atoms with Gasteiger partial charge in [-0.2, -0.15) is 0 Å². The highest BCUT2D eigenvalue weighted by Gasteiger charge is 2.20. The molecule has 0 saturated carbocycles. The van der Waals surface area contributed by atoms with Gasteiger partial charge < -0.3 is 11.1 Å². The normalized spacial score (nSPS) is 24.4. The van der Waals surface area contributed by atoms with E-state index in [0.29, 0.717) is 5.96 Å². The Morgan fingerprint density at radius 3 is 2.67 bits per heavy atom. The third kappa shape index (κ3) is 1.59. The van der Waals surface area contributed by atoms with Crippen LogP contribution in [0, 0.1) is 5.41 Å². The number of aliphatic imine (C=N–C) groups is 1. The second-order valence-electron chi connectivity index (χ2n) is 3.22. The van der Waals surface area contributed by atoms with Crippen LogP contribution in [-0.2, 0) is 0 Å². The van der Waals surface area contributed by atoms with Gasteiger partial charge in [0.25, 0.3) is 0 Å². The number of nitrogens with zero attached hydrogens (tertiary/aromatic N) is 1. The first-order valence-corrected chi connectivity index (χ1v) is 3.14. The van der Waals surface area contributed by atoms with E-state index in [9.17, 15) is 0 Å². The molecule has 3 nitrogen and oxygen atoms in total. The summed E-state index contributed by atoms with van der Waals surface area (Å²) >= 11 is 0. The van der Waals surface area contributed by atoms with Crippen molar-refractivity contribution in [3.63, 3.8) is 0 Å². The van der Waals surface area contributed by atoms with Crippen molar-refractivity contribution in [1.82, 2.24) is 5.32 Å². The van der Waals surface area contributed by atoms with Crippen LogP contribution in [0.15, 0.2) is 4.99 Å². The lowest BCUT2D eigenvalue weighted by Crippen LogP contribution is -2.44. The van der Waals surface area contributed by atoms with Crippen LogP contribution in [0.1, 0.15) is 13.8 Å². The first-order valence-electron chi connectivity index (χ1n) is 3.14. The fraction of sp³-hybridized carbons (Fsp3) is 0.833. The molecule has 3 N–H and O–H groups in total. The zero-order valence-corrected chi connectivity index (χ0v) is 5.94. The summed E-state index contributed by atoms with van der Waals surface area (Å²) < 4.78 is 0. The zero-order chi connectivity index (χ0) is 6.91. The van der Waals surface area contributed by atoms with Crippen molar-refractivity contribution in [2.24, 2.45) is 16.1 Å². The molecule has 0 bridgehead atoms. The molecule has 0 radical (unpaired) electrons. The standard InChI is InChI=1S/C6H13N3/c1-6(2)3-8-5(7)9-4-6/h3-4H2,1-2H3,(H3,7,8,9). The molecule has 0 aromatic rings. The van der Waals surface area contributed by atoms with Gasteiger partial charge in [-0.3, -0.25) is 4.99 Å². The third-order valence-electron chi connectivity index (χ3n) is 1.43. The average Bonchev–Trinajstić information content (AvgIpc) is 1.78. The van der Waals surface area contributed by atoms with Gasteiger partial charge >= 0.3 is 0 Å². The van der Waals surface area contributed by atoms with Crippen LogP contribution >= 0.6 is 0 Å². The predicted molar refractivity (Wildman–Crippen MR) is 38.3 cm³/mol. The van der Waals surface area contributed by atoms with Gasteiger partial charge in [-0.25, -0.2) is 0 Å². The molecule has 0 amide bonds. The van der Waals surface area contributed by atoms with E-state index in [1.54, 1.807) is 0 Å². The molecule has 1 rings (SSSR count). The lowest BCUT2D eigenvalue weighted by Gasteiger charge is -2.27. The first kappa shape index (κ1) is 6.39. The molecule has 1 heterocycles. The minimum absolute atomic E-state index is 0.281. The Morgan fingerprint density at radius 1 is 1.67 bits per heavy atom. The quantitative estimate of drug-likeness (QED) is 0.478. The maximum absolute atomic E-state index is 5.39. The van der Waals surface area contributed by atoms with E-state index in [1.165, 1.54) is 0 Å². The molecule has 0 aromatic carbocycles. The van der Waals surface area contributed by atoms with Gasteiger partial charge in [0.2, 0.25) is 0 Å². The van der Waals surface area contributed by atoms with Crippen molar-refractivity contribution >= 4 is 5.96 Å². The summed E-state index contributed by atoms with van der Waals surface area (Å²) in [6.07, 6.45) is 0. The topological polar surface area (TPSA) is 50.4 Å². The number of hydrogen-bond acceptors (Lipinski definition) is 3. The van der Waals surface area contributed by atoms with Crippen LogP contribution < -0.4 is 11.1 Å². The van der Waals surface area contributed by atoms with Crippen LogP contribution in [0.25, 0.3) is 0 Å². The van der Waals surface area contributed by atoms with Gasteiger partial charge in [0, 0.05) is 18.5 Å². The average molecular weight is 127 g/mol. The lowest BCUT2D eigenvalue weighted by molar-refractivity contribution is 0.361. The Labute approximate surface area is 55.3 Å². The second-order valence-corrected chi connectivity index (χ2v) is 3.22. The van der Waals surface area contributed by atoms with E-state index in [-0.39, 0.29) is 5.41 Å². The Bertz CT molecular complexity index is 137. The summed E-state index contributed by atoms with van der Waals surface area (Å²) in [7, 11) is 0. The first-order chi connectivity index (χ1) is 4.10. The van der Waals surface area contributed by atoms with Gasteiger partial charge in [-0.15, -0.1) is 0 Å². The van der Waals surface area contributed by atoms with Gasteiger partial charge in [0.05, 0.1) is 0 Å². The Kier molecular flexibility index (Phi) is 1.35. The molecule has 9 heavy (non-hydrogen) atoms. The van der Waals surface area contributed by atoms with Crippen LogP contribution in [0.3, 0.4) is 0 Å². The third-order valence-corrected chi connectivity index (χ3v) is 1.43. The van der Waals surface area contributed by atoms with Crippen LogP contribution in [0.2, 0.25) is 0 Å². The summed E-state index contributed by atoms with van der Waals surface area (Å²) in [4.78, 5) is 4.07. The monoisotopic (exact) mass is 127 g/mol. The highest BCUT2D eigenvalue weighted by atomic mass is 15.1. The van der Waals surface area contributed by atoms with Crippen molar-refractivity contribution in [2.45, 2.75) is 13.8 Å². The van der Waals surface area contributed by atoms with E-state index in [0.717, 1.165) is 13.1 Å². The molecule has 0 saturated heterocycles. The lowest BCUT2D eigenvalue weighted by atomic mass is 9.93. The predicted octanol–water partition coefficient (Wildman–Crippen LogP) is -0.0695. The Balaban J connectivity index is 2.56. The molecule has 0 aromatic heterocycles. The molecule has 0 unspecified atom stereocenters. The molecular weight excluding hydrogens is 114 g/mol. The summed E-state index contributed by atoms with van der Waals surface area (Å²) in [5.41, 5.74) is 5.68.